The number of rotatable bonds is 0. The average molecular weight is 127 g/mol. The molecule has 1 heterocycles. The van der Waals surface area contributed by atoms with Gasteiger partial charge in [0.2, 0.25) is 0 Å². The van der Waals surface area contributed by atoms with E-state index in [-0.39, 0.29) is 5.56 Å². The highest BCUT2D eigenvalue weighted by molar-refractivity contribution is 5.39. The third-order valence-electron chi connectivity index (χ3n) is 1.41. The van der Waals surface area contributed by atoms with Crippen molar-refractivity contribution in [3.05, 3.63) is 16.0 Å². The summed E-state index contributed by atoms with van der Waals surface area (Å²) in [6.07, 6.45) is 0. The van der Waals surface area contributed by atoms with Gasteiger partial charge in [0.05, 0.1) is 5.69 Å². The molecular weight excluding hydrogens is 118 g/mol. The molecule has 0 bridgehead atoms. The molecule has 1 aromatic heterocycles. The summed E-state index contributed by atoms with van der Waals surface area (Å²) in [6.45, 7) is 1.78. The normalized spacial score (nSPS) is 10.0. The number of aryl methyl sites for hydroxylation is 1. The van der Waals surface area contributed by atoms with Crippen LogP contribution in [0.4, 0.5) is 5.69 Å². The summed E-state index contributed by atoms with van der Waals surface area (Å²) in [4.78, 5) is 10.7. The number of H-pyrrole nitrogens is 1. The Balaban J connectivity index is 3.47. The molecule has 0 saturated heterocycles. The molecule has 0 saturated carbocycles. The van der Waals surface area contributed by atoms with Crippen molar-refractivity contribution in [3.63, 3.8) is 0 Å². The summed E-state index contributed by atoms with van der Waals surface area (Å²) >= 11 is 0. The van der Waals surface area contributed by atoms with Gasteiger partial charge >= 0.3 is 0 Å². The molecule has 9 heavy (non-hydrogen) atoms. The van der Waals surface area contributed by atoms with Crippen LogP contribution in [0.25, 0.3) is 0 Å². The Hall–Kier alpha value is -1.19. The molecule has 4 nitrogen and oxygen atoms in total. The maximum Gasteiger partial charge on any atom is 0.287 e. The third-order valence-corrected chi connectivity index (χ3v) is 1.41. The van der Waals surface area contributed by atoms with E-state index in [1.807, 2.05) is 0 Å². The van der Waals surface area contributed by atoms with Crippen molar-refractivity contribution in [1.29, 1.82) is 0 Å². The Morgan fingerprint density at radius 3 is 2.33 bits per heavy atom. The van der Waals surface area contributed by atoms with Crippen LogP contribution >= 0.6 is 0 Å². The van der Waals surface area contributed by atoms with E-state index in [1.54, 1.807) is 18.7 Å². The topological polar surface area (TPSA) is 63.8 Å². The number of anilines is 1. The van der Waals surface area contributed by atoms with Crippen LogP contribution in [0, 0.1) is 6.92 Å². The molecule has 0 atom stereocenters. The molecule has 0 aliphatic heterocycles. The number of nitrogens with two attached hydrogens (primary N) is 1. The second-order valence-electron chi connectivity index (χ2n) is 2.00. The number of hydrogen-bond donors (Lipinski definition) is 2. The van der Waals surface area contributed by atoms with Gasteiger partial charge in [-0.25, -0.2) is 0 Å². The lowest BCUT2D eigenvalue weighted by Gasteiger charge is -1.91. The Morgan fingerprint density at radius 1 is 1.67 bits per heavy atom. The van der Waals surface area contributed by atoms with Gasteiger partial charge in [0.15, 0.2) is 0 Å². The van der Waals surface area contributed by atoms with Gasteiger partial charge in [0.25, 0.3) is 5.56 Å². The smallest absolute Gasteiger partial charge is 0.287 e. The van der Waals surface area contributed by atoms with E-state index in [2.05, 4.69) is 5.10 Å². The number of aromatic amines is 1. The van der Waals surface area contributed by atoms with Crippen LogP contribution in [0.3, 0.4) is 0 Å². The first kappa shape index (κ1) is 5.94. The van der Waals surface area contributed by atoms with E-state index in [1.165, 1.54) is 0 Å². The van der Waals surface area contributed by atoms with E-state index >= 15 is 0 Å². The van der Waals surface area contributed by atoms with E-state index in [4.69, 9.17) is 5.73 Å². The molecule has 0 unspecified atom stereocenters. The molecule has 0 radical (unpaired) electrons. The number of nitrogens with one attached hydrogen (secondary N) is 1. The quantitative estimate of drug-likeness (QED) is 0.498. The lowest BCUT2D eigenvalue weighted by molar-refractivity contribution is 0.731. The van der Waals surface area contributed by atoms with Crippen molar-refractivity contribution >= 4 is 5.69 Å². The minimum Gasteiger partial charge on any atom is -0.393 e. The van der Waals surface area contributed by atoms with Gasteiger partial charge < -0.3 is 5.73 Å². The summed E-state index contributed by atoms with van der Waals surface area (Å²) in [5.41, 5.74) is 6.21. The fourth-order valence-electron chi connectivity index (χ4n) is 0.641. The SMILES string of the molecule is Cc1c(N)c(=O)[nH]n1C. The summed E-state index contributed by atoms with van der Waals surface area (Å²) < 4.78 is 1.59. The van der Waals surface area contributed by atoms with Gasteiger partial charge in [-0.15, -0.1) is 0 Å². The standard InChI is InChI=1S/C5H9N3O/c1-3-4(6)5(9)7-8(3)2/h6H2,1-2H3,(H,7,9). The summed E-state index contributed by atoms with van der Waals surface area (Å²) in [5.74, 6) is 0. The van der Waals surface area contributed by atoms with E-state index in [9.17, 15) is 4.79 Å². The first-order valence-corrected chi connectivity index (χ1v) is 2.64. The third kappa shape index (κ3) is 0.718. The zero-order chi connectivity index (χ0) is 7.02. The molecule has 0 spiro atoms. The van der Waals surface area contributed by atoms with Crippen molar-refractivity contribution in [2.45, 2.75) is 6.92 Å². The van der Waals surface area contributed by atoms with Crippen LogP contribution in [0.5, 0.6) is 0 Å². The molecule has 0 aliphatic rings. The van der Waals surface area contributed by atoms with Crippen molar-refractivity contribution < 1.29 is 0 Å². The molecule has 1 aromatic rings. The monoisotopic (exact) mass is 127 g/mol. The molecule has 4 heteroatoms. The molecular formula is C5H9N3O. The maximum atomic E-state index is 10.7. The minimum atomic E-state index is -0.213. The zero-order valence-electron chi connectivity index (χ0n) is 5.43. The van der Waals surface area contributed by atoms with Crippen LogP contribution < -0.4 is 11.3 Å². The molecule has 0 aliphatic carbocycles. The van der Waals surface area contributed by atoms with E-state index < -0.39 is 0 Å². The summed E-state index contributed by atoms with van der Waals surface area (Å²) in [5, 5.41) is 2.51. The average Bonchev–Trinajstić information content (AvgIpc) is 1.98. The minimum absolute atomic E-state index is 0.213. The van der Waals surface area contributed by atoms with E-state index in [0.717, 1.165) is 5.69 Å². The lowest BCUT2D eigenvalue weighted by atomic mass is 10.4. The molecule has 1 rings (SSSR count). The Bertz CT molecular complexity index is 270. The zero-order valence-corrected chi connectivity index (χ0v) is 5.43. The van der Waals surface area contributed by atoms with Crippen LogP contribution in [-0.4, -0.2) is 9.78 Å². The van der Waals surface area contributed by atoms with Crippen LogP contribution in [-0.2, 0) is 7.05 Å². The highest BCUT2D eigenvalue weighted by Crippen LogP contribution is 1.98. The van der Waals surface area contributed by atoms with Crippen LogP contribution in [0.1, 0.15) is 5.69 Å². The first-order chi connectivity index (χ1) is 4.13. The van der Waals surface area contributed by atoms with Gasteiger partial charge in [-0.05, 0) is 6.92 Å². The number of nitrogen functional groups attached to an aromatic ring is 1. The lowest BCUT2D eigenvalue weighted by Crippen LogP contribution is -2.05. The predicted molar refractivity (Wildman–Crippen MR) is 35.2 cm³/mol. The van der Waals surface area contributed by atoms with Crippen molar-refractivity contribution in [2.24, 2.45) is 7.05 Å². The predicted octanol–water partition coefficient (Wildman–Crippen LogP) is -0.396. The van der Waals surface area contributed by atoms with Crippen LogP contribution in [0.2, 0.25) is 0 Å². The first-order valence-electron chi connectivity index (χ1n) is 2.64. The van der Waals surface area contributed by atoms with Gasteiger partial charge in [-0.2, -0.15) is 0 Å². The molecule has 3 N–H and O–H groups in total. The second kappa shape index (κ2) is 1.65. The fraction of sp³-hybridized carbons (Fsp3) is 0.400. The summed E-state index contributed by atoms with van der Waals surface area (Å²) in [6, 6.07) is 0. The van der Waals surface area contributed by atoms with Gasteiger partial charge in [-0.3, -0.25) is 14.6 Å². The van der Waals surface area contributed by atoms with Crippen LogP contribution in [0.15, 0.2) is 4.79 Å². The van der Waals surface area contributed by atoms with E-state index in [0.29, 0.717) is 5.69 Å². The number of aromatic nitrogens is 2. The van der Waals surface area contributed by atoms with Gasteiger partial charge in [-0.1, -0.05) is 0 Å². The highest BCUT2D eigenvalue weighted by Gasteiger charge is 2.01. The highest BCUT2D eigenvalue weighted by atomic mass is 16.1. The Kier molecular flexibility index (Phi) is 1.09. The largest absolute Gasteiger partial charge is 0.393 e. The fourth-order valence-corrected chi connectivity index (χ4v) is 0.641. The Morgan fingerprint density at radius 2 is 2.22 bits per heavy atom. The van der Waals surface area contributed by atoms with Gasteiger partial charge in [0, 0.05) is 7.05 Å². The molecule has 0 amide bonds. The number of nitrogens with zero attached hydrogens (tertiary/aromatic N) is 1. The molecule has 50 valence electrons. The Labute approximate surface area is 52.3 Å². The van der Waals surface area contributed by atoms with Gasteiger partial charge in [0.1, 0.15) is 5.69 Å². The second-order valence-corrected chi connectivity index (χ2v) is 2.00. The summed E-state index contributed by atoms with van der Waals surface area (Å²) in [7, 11) is 1.74. The van der Waals surface area contributed by atoms with Crippen molar-refractivity contribution in [3.8, 4) is 0 Å². The number of hydrogen-bond acceptors (Lipinski definition) is 2. The van der Waals surface area contributed by atoms with Crippen molar-refractivity contribution in [1.82, 2.24) is 9.78 Å². The molecule has 0 fully saturated rings. The van der Waals surface area contributed by atoms with Crippen molar-refractivity contribution in [2.75, 3.05) is 5.73 Å². The molecule has 0 aromatic carbocycles. The maximum absolute atomic E-state index is 10.7.